The van der Waals surface area contributed by atoms with Gasteiger partial charge in [0.05, 0.1) is 10.3 Å². The Labute approximate surface area is 112 Å². The number of hydrogen-bond acceptors (Lipinski definition) is 4. The fourth-order valence-corrected chi connectivity index (χ4v) is 4.76. The van der Waals surface area contributed by atoms with Crippen LogP contribution in [-0.2, 0) is 4.74 Å². The molecule has 0 bridgehead atoms. The van der Waals surface area contributed by atoms with Gasteiger partial charge in [-0.25, -0.2) is 0 Å². The van der Waals surface area contributed by atoms with Crippen molar-refractivity contribution in [3.8, 4) is 0 Å². The molecular weight excluding hydrogens is 250 g/mol. The average Bonchev–Trinajstić information content (AvgIpc) is 2.74. The van der Waals surface area contributed by atoms with Crippen molar-refractivity contribution in [2.45, 2.75) is 48.8 Å². The fraction of sp³-hybridized carbons (Fsp3) is 0.692. The zero-order chi connectivity index (χ0) is 12.3. The molecular formula is C13H21NOS2. The van der Waals surface area contributed by atoms with Gasteiger partial charge in [-0.2, -0.15) is 0 Å². The maximum atomic E-state index is 5.56. The van der Waals surface area contributed by atoms with Crippen LogP contribution >= 0.6 is 23.1 Å². The van der Waals surface area contributed by atoms with Gasteiger partial charge in [0.25, 0.3) is 0 Å². The van der Waals surface area contributed by atoms with Gasteiger partial charge in [0.1, 0.15) is 0 Å². The minimum Gasteiger partial charge on any atom is -0.377 e. The molecule has 0 aromatic carbocycles. The van der Waals surface area contributed by atoms with Crippen LogP contribution in [0.15, 0.2) is 15.7 Å². The molecule has 17 heavy (non-hydrogen) atoms. The molecule has 3 atom stereocenters. The molecule has 2 rings (SSSR count). The lowest BCUT2D eigenvalue weighted by molar-refractivity contribution is 0.0736. The summed E-state index contributed by atoms with van der Waals surface area (Å²) in [5, 5.41) is 6.56. The normalized spacial score (nSPS) is 25.6. The van der Waals surface area contributed by atoms with Gasteiger partial charge in [-0.15, -0.1) is 23.1 Å². The maximum absolute atomic E-state index is 5.56. The molecule has 1 aromatic rings. The molecule has 0 aliphatic carbocycles. The number of hydrogen-bond donors (Lipinski definition) is 1. The first kappa shape index (κ1) is 13.4. The van der Waals surface area contributed by atoms with Crippen LogP contribution in [-0.4, -0.2) is 24.5 Å². The molecule has 2 heterocycles. The Morgan fingerprint density at radius 1 is 1.59 bits per heavy atom. The van der Waals surface area contributed by atoms with E-state index in [1.165, 1.54) is 16.2 Å². The lowest BCUT2D eigenvalue weighted by Crippen LogP contribution is -2.33. The van der Waals surface area contributed by atoms with E-state index in [-0.39, 0.29) is 0 Å². The lowest BCUT2D eigenvalue weighted by Gasteiger charge is -2.28. The highest BCUT2D eigenvalue weighted by Gasteiger charge is 2.26. The van der Waals surface area contributed by atoms with Gasteiger partial charge in [0.2, 0.25) is 0 Å². The summed E-state index contributed by atoms with van der Waals surface area (Å²) in [5.41, 5.74) is 1.49. The van der Waals surface area contributed by atoms with E-state index in [0.717, 1.165) is 13.2 Å². The van der Waals surface area contributed by atoms with Crippen molar-refractivity contribution in [3.63, 3.8) is 0 Å². The van der Waals surface area contributed by atoms with E-state index in [1.807, 2.05) is 30.0 Å². The van der Waals surface area contributed by atoms with Crippen molar-refractivity contribution in [2.24, 2.45) is 0 Å². The second-order valence-corrected chi connectivity index (χ2v) is 7.18. The van der Waals surface area contributed by atoms with Gasteiger partial charge in [0, 0.05) is 24.4 Å². The van der Waals surface area contributed by atoms with Crippen LogP contribution in [0.25, 0.3) is 0 Å². The summed E-state index contributed by atoms with van der Waals surface area (Å²) in [6.45, 7) is 8.22. The number of thiophene rings is 1. The number of fused-ring (bicyclic) bond motifs is 1. The van der Waals surface area contributed by atoms with Crippen molar-refractivity contribution in [3.05, 3.63) is 17.0 Å². The zero-order valence-corrected chi connectivity index (χ0v) is 12.4. The van der Waals surface area contributed by atoms with Gasteiger partial charge >= 0.3 is 0 Å². The van der Waals surface area contributed by atoms with Crippen molar-refractivity contribution in [1.82, 2.24) is 5.32 Å². The zero-order valence-electron chi connectivity index (χ0n) is 10.7. The van der Waals surface area contributed by atoms with Crippen molar-refractivity contribution < 1.29 is 4.74 Å². The van der Waals surface area contributed by atoms with E-state index in [1.54, 1.807) is 0 Å². The van der Waals surface area contributed by atoms with Crippen LogP contribution in [0, 0.1) is 0 Å². The van der Waals surface area contributed by atoms with E-state index in [9.17, 15) is 0 Å². The van der Waals surface area contributed by atoms with Crippen LogP contribution in [0.2, 0.25) is 0 Å². The van der Waals surface area contributed by atoms with E-state index in [0.29, 0.717) is 17.4 Å². The molecule has 0 saturated heterocycles. The third-order valence-corrected chi connectivity index (χ3v) is 5.36. The van der Waals surface area contributed by atoms with E-state index >= 15 is 0 Å². The molecule has 2 nitrogen and oxygen atoms in total. The Hall–Kier alpha value is -0.0300. The molecule has 1 aromatic heterocycles. The Bertz CT molecular complexity index is 353. The Kier molecular flexibility index (Phi) is 4.91. The second-order valence-electron chi connectivity index (χ2n) is 4.55. The van der Waals surface area contributed by atoms with Gasteiger partial charge in [0.15, 0.2) is 0 Å². The first-order valence-electron chi connectivity index (χ1n) is 6.29. The van der Waals surface area contributed by atoms with Crippen molar-refractivity contribution >= 4 is 23.1 Å². The number of rotatable bonds is 5. The minimum atomic E-state index is 0.298. The van der Waals surface area contributed by atoms with Crippen LogP contribution in [0.1, 0.15) is 38.8 Å². The Morgan fingerprint density at radius 3 is 3.18 bits per heavy atom. The summed E-state index contributed by atoms with van der Waals surface area (Å²) in [5.74, 6) is 0. The SMILES string of the molecule is CCOC(C)CNC1C[C@H](C)Sc2sccc21. The standard InChI is InChI=1S/C13H21NOS2/c1-4-15-9(2)8-14-12-7-10(3)17-13-11(12)5-6-16-13/h5-6,9-10,12,14H,4,7-8H2,1-3H3/t9?,10-,12?/m0/s1. The van der Waals surface area contributed by atoms with Gasteiger partial charge in [-0.05, 0) is 37.3 Å². The molecule has 0 fully saturated rings. The molecule has 96 valence electrons. The predicted molar refractivity (Wildman–Crippen MR) is 76.1 cm³/mol. The molecule has 0 radical (unpaired) electrons. The molecule has 4 heteroatoms. The average molecular weight is 271 g/mol. The quantitative estimate of drug-likeness (QED) is 0.882. The number of nitrogens with one attached hydrogen (secondary N) is 1. The molecule has 0 saturated carbocycles. The predicted octanol–water partition coefficient (Wildman–Crippen LogP) is 3.69. The molecule has 1 aliphatic heterocycles. The second kappa shape index (κ2) is 6.23. The maximum Gasteiger partial charge on any atom is 0.0671 e. The van der Waals surface area contributed by atoms with Gasteiger partial charge in [-0.3, -0.25) is 0 Å². The van der Waals surface area contributed by atoms with Crippen molar-refractivity contribution in [1.29, 1.82) is 0 Å². The first-order chi connectivity index (χ1) is 8.20. The smallest absolute Gasteiger partial charge is 0.0671 e. The van der Waals surface area contributed by atoms with Gasteiger partial charge in [-0.1, -0.05) is 6.92 Å². The molecule has 2 unspecified atom stereocenters. The van der Waals surface area contributed by atoms with Crippen LogP contribution < -0.4 is 5.32 Å². The third-order valence-electron chi connectivity index (χ3n) is 3.01. The Morgan fingerprint density at radius 2 is 2.41 bits per heavy atom. The summed E-state index contributed by atoms with van der Waals surface area (Å²) in [6, 6.07) is 2.78. The minimum absolute atomic E-state index is 0.298. The summed E-state index contributed by atoms with van der Waals surface area (Å²) in [4.78, 5) is 0. The molecule has 0 amide bonds. The van der Waals surface area contributed by atoms with Crippen LogP contribution in [0.5, 0.6) is 0 Å². The largest absolute Gasteiger partial charge is 0.377 e. The number of ether oxygens (including phenoxy) is 1. The van der Waals surface area contributed by atoms with E-state index in [2.05, 4.69) is 30.6 Å². The molecule has 1 aliphatic rings. The lowest BCUT2D eigenvalue weighted by atomic mass is 10.0. The topological polar surface area (TPSA) is 21.3 Å². The fourth-order valence-electron chi connectivity index (χ4n) is 2.19. The van der Waals surface area contributed by atoms with E-state index < -0.39 is 0 Å². The van der Waals surface area contributed by atoms with Crippen LogP contribution in [0.4, 0.5) is 0 Å². The van der Waals surface area contributed by atoms with E-state index in [4.69, 9.17) is 4.74 Å². The monoisotopic (exact) mass is 271 g/mol. The third kappa shape index (κ3) is 3.47. The highest BCUT2D eigenvalue weighted by molar-refractivity contribution is 8.01. The Balaban J connectivity index is 1.93. The number of thioether (sulfide) groups is 1. The summed E-state index contributed by atoms with van der Waals surface area (Å²) in [7, 11) is 0. The summed E-state index contributed by atoms with van der Waals surface area (Å²) in [6.07, 6.45) is 1.51. The summed E-state index contributed by atoms with van der Waals surface area (Å²) < 4.78 is 7.06. The highest BCUT2D eigenvalue weighted by Crippen LogP contribution is 2.43. The first-order valence-corrected chi connectivity index (χ1v) is 8.05. The van der Waals surface area contributed by atoms with Crippen LogP contribution in [0.3, 0.4) is 0 Å². The highest BCUT2D eigenvalue weighted by atomic mass is 32.2. The molecule has 1 N–H and O–H groups in total. The van der Waals surface area contributed by atoms with Gasteiger partial charge < -0.3 is 10.1 Å². The summed E-state index contributed by atoms with van der Waals surface area (Å²) >= 11 is 3.88. The van der Waals surface area contributed by atoms with Crippen molar-refractivity contribution in [2.75, 3.05) is 13.2 Å². The molecule has 0 spiro atoms.